The number of esters is 1. The number of carbonyl (C=O) groups is 4. The number of fused-ring (bicyclic) bond motifs is 1. The summed E-state index contributed by atoms with van der Waals surface area (Å²) in [6.45, 7) is 3.94. The lowest BCUT2D eigenvalue weighted by atomic mass is 9.82. The molecule has 2 heterocycles. The highest BCUT2D eigenvalue weighted by molar-refractivity contribution is 8.00. The monoisotopic (exact) mass is 330 g/mol. The molecule has 2 saturated heterocycles. The minimum atomic E-state index is -1.34. The van der Waals surface area contributed by atoms with Crippen LogP contribution in [0.25, 0.3) is 0 Å². The topological polar surface area (TPSA) is 113 Å². The number of nitrogens with one attached hydrogen (secondary N) is 1. The highest BCUT2D eigenvalue weighted by Crippen LogP contribution is 2.47. The molecule has 9 heteroatoms. The lowest BCUT2D eigenvalue weighted by Gasteiger charge is -2.55. The summed E-state index contributed by atoms with van der Waals surface area (Å²) in [4.78, 5) is 47.4. The maximum atomic E-state index is 12.1. The van der Waals surface area contributed by atoms with Gasteiger partial charge in [-0.15, -0.1) is 11.8 Å². The van der Waals surface area contributed by atoms with E-state index in [9.17, 15) is 24.3 Å². The zero-order valence-corrected chi connectivity index (χ0v) is 13.3. The van der Waals surface area contributed by atoms with E-state index in [2.05, 4.69) is 5.32 Å². The van der Waals surface area contributed by atoms with E-state index in [4.69, 9.17) is 4.74 Å². The van der Waals surface area contributed by atoms with Gasteiger partial charge in [0.2, 0.25) is 11.8 Å². The highest BCUT2D eigenvalue weighted by atomic mass is 32.2. The van der Waals surface area contributed by atoms with Crippen LogP contribution in [0.15, 0.2) is 0 Å². The van der Waals surface area contributed by atoms with Crippen LogP contribution < -0.4 is 5.32 Å². The van der Waals surface area contributed by atoms with Crippen molar-refractivity contribution in [1.29, 1.82) is 0 Å². The van der Waals surface area contributed by atoms with Gasteiger partial charge in [-0.05, 0) is 0 Å². The third-order valence-corrected chi connectivity index (χ3v) is 5.70. The predicted octanol–water partition coefficient (Wildman–Crippen LogP) is -0.571. The third kappa shape index (κ3) is 2.65. The number of carboxylic acid groups (broad SMARTS) is 1. The summed E-state index contributed by atoms with van der Waals surface area (Å²) in [6, 6.07) is -0.620. The van der Waals surface area contributed by atoms with Crippen molar-refractivity contribution in [1.82, 2.24) is 10.2 Å². The average molecular weight is 330 g/mol. The predicted molar refractivity (Wildman–Crippen MR) is 76.9 cm³/mol. The Hall–Kier alpha value is -1.77. The Labute approximate surface area is 131 Å². The molecule has 4 atom stereocenters. The molecule has 3 unspecified atom stereocenters. The number of β-lactam (4-membered cyclic amide) rings is 1. The Kier molecular flexibility index (Phi) is 4.37. The summed E-state index contributed by atoms with van der Waals surface area (Å²) in [5.74, 6) is -2.29. The maximum absolute atomic E-state index is 12.1. The molecule has 0 saturated carbocycles. The molecule has 0 bridgehead atoms. The fourth-order valence-corrected chi connectivity index (χ4v) is 4.25. The Morgan fingerprint density at radius 3 is 2.59 bits per heavy atom. The van der Waals surface area contributed by atoms with Gasteiger partial charge in [-0.25, -0.2) is 0 Å². The van der Waals surface area contributed by atoms with Crippen LogP contribution in [0.1, 0.15) is 20.8 Å². The minimum Gasteiger partial charge on any atom is -0.481 e. The minimum absolute atomic E-state index is 0.0383. The molecule has 2 aliphatic rings. The van der Waals surface area contributed by atoms with Gasteiger partial charge in [-0.1, -0.05) is 6.92 Å². The van der Waals surface area contributed by atoms with E-state index >= 15 is 0 Å². The highest BCUT2D eigenvalue weighted by Gasteiger charge is 2.60. The number of amides is 2. The van der Waals surface area contributed by atoms with Crippen LogP contribution in [0.4, 0.5) is 0 Å². The largest absolute Gasteiger partial charge is 0.481 e. The smallest absolute Gasteiger partial charge is 0.316 e. The van der Waals surface area contributed by atoms with Crippen LogP contribution in [0.5, 0.6) is 0 Å². The van der Waals surface area contributed by atoms with Crippen molar-refractivity contribution in [3.63, 3.8) is 0 Å². The van der Waals surface area contributed by atoms with E-state index in [-0.39, 0.29) is 35.6 Å². The Balaban J connectivity index is 2.17. The van der Waals surface area contributed by atoms with Gasteiger partial charge in [-0.3, -0.25) is 19.2 Å². The second kappa shape index (κ2) is 5.79. The molecule has 2 fully saturated rings. The summed E-state index contributed by atoms with van der Waals surface area (Å²) in [5.41, 5.74) is -1.34. The van der Waals surface area contributed by atoms with Crippen molar-refractivity contribution in [3.05, 3.63) is 0 Å². The zero-order chi connectivity index (χ0) is 16.7. The van der Waals surface area contributed by atoms with Crippen molar-refractivity contribution < 1.29 is 29.0 Å². The van der Waals surface area contributed by atoms with Crippen LogP contribution in [0, 0.1) is 5.41 Å². The number of hydrogen-bond acceptors (Lipinski definition) is 6. The number of rotatable bonds is 4. The normalized spacial score (nSPS) is 33.5. The third-order valence-electron chi connectivity index (χ3n) is 4.03. The summed E-state index contributed by atoms with van der Waals surface area (Å²) < 4.78 is 4.91. The first kappa shape index (κ1) is 16.6. The number of carboxylic acids is 1. The van der Waals surface area contributed by atoms with Crippen molar-refractivity contribution in [3.8, 4) is 0 Å². The van der Waals surface area contributed by atoms with Crippen LogP contribution >= 0.6 is 11.8 Å². The molecule has 2 amide bonds. The summed E-state index contributed by atoms with van der Waals surface area (Å²) in [7, 11) is 0. The second-order valence-electron chi connectivity index (χ2n) is 5.55. The Morgan fingerprint density at radius 1 is 1.45 bits per heavy atom. The van der Waals surface area contributed by atoms with Crippen molar-refractivity contribution in [2.75, 3.05) is 13.2 Å². The first-order chi connectivity index (χ1) is 10.2. The molecular formula is C13H18N2O6S. The van der Waals surface area contributed by atoms with Crippen LogP contribution in [0.2, 0.25) is 0 Å². The number of aliphatic carboxylic acids is 1. The molecule has 0 aliphatic carbocycles. The van der Waals surface area contributed by atoms with E-state index in [1.165, 1.54) is 30.5 Å². The van der Waals surface area contributed by atoms with Crippen molar-refractivity contribution >= 4 is 35.5 Å². The molecule has 0 aromatic carbocycles. The number of ether oxygens (including phenoxy) is 1. The van der Waals surface area contributed by atoms with Gasteiger partial charge in [0.25, 0.3) is 0 Å². The van der Waals surface area contributed by atoms with E-state index in [1.54, 1.807) is 6.92 Å². The first-order valence-electron chi connectivity index (χ1n) is 6.79. The van der Waals surface area contributed by atoms with Gasteiger partial charge in [0, 0.05) is 25.6 Å². The van der Waals surface area contributed by atoms with E-state index in [0.29, 0.717) is 0 Å². The second-order valence-corrected chi connectivity index (χ2v) is 7.02. The molecule has 0 spiro atoms. The summed E-state index contributed by atoms with van der Waals surface area (Å²) >= 11 is 1.30. The molecule has 122 valence electrons. The zero-order valence-electron chi connectivity index (χ0n) is 12.5. The fraction of sp³-hybridized carbons (Fsp3) is 0.692. The molecule has 8 nitrogen and oxygen atoms in total. The molecule has 0 aromatic rings. The number of hydrogen-bond donors (Lipinski definition) is 2. The standard InChI is InChI=1S/C13H18N2O6S/c1-6-13(12(19)20,5-21-8(3)17)4-15-10(18)9(11(15)22-6)14-7(2)16/h6,9,11H,4-5H2,1-3H3,(H,14,16)(H,19,20)/t6?,9?,11-,13?/m1/s1. The molecule has 2 N–H and O–H groups in total. The van der Waals surface area contributed by atoms with Crippen LogP contribution in [0.3, 0.4) is 0 Å². The number of carbonyl (C=O) groups excluding carboxylic acids is 3. The van der Waals surface area contributed by atoms with Gasteiger partial charge < -0.3 is 20.1 Å². The number of nitrogens with zero attached hydrogens (tertiary/aromatic N) is 1. The van der Waals surface area contributed by atoms with Gasteiger partial charge in [0.15, 0.2) is 0 Å². The Morgan fingerprint density at radius 2 is 2.09 bits per heavy atom. The molecule has 2 aliphatic heterocycles. The Bertz CT molecular complexity index is 539. The molecule has 0 radical (unpaired) electrons. The quantitative estimate of drug-likeness (QED) is 0.524. The van der Waals surface area contributed by atoms with Crippen LogP contribution in [-0.2, 0) is 23.9 Å². The van der Waals surface area contributed by atoms with Crippen molar-refractivity contribution in [2.24, 2.45) is 5.41 Å². The van der Waals surface area contributed by atoms with Crippen molar-refractivity contribution in [2.45, 2.75) is 37.4 Å². The summed E-state index contributed by atoms with van der Waals surface area (Å²) in [5, 5.41) is 11.5. The number of thioether (sulfide) groups is 1. The SMILES string of the molecule is CC(=O)NC1C(=O)N2CC(COC(C)=O)(C(=O)O)C(C)S[C@H]12. The van der Waals surface area contributed by atoms with Gasteiger partial charge in [0.05, 0.1) is 0 Å². The lowest BCUT2D eigenvalue weighted by Crippen LogP contribution is -2.75. The van der Waals surface area contributed by atoms with E-state index in [0.717, 1.165) is 0 Å². The summed E-state index contributed by atoms with van der Waals surface area (Å²) in [6.07, 6.45) is 0. The molecule has 22 heavy (non-hydrogen) atoms. The van der Waals surface area contributed by atoms with Gasteiger partial charge in [0.1, 0.15) is 23.4 Å². The molecule has 0 aromatic heterocycles. The van der Waals surface area contributed by atoms with Gasteiger partial charge in [-0.2, -0.15) is 0 Å². The van der Waals surface area contributed by atoms with Crippen LogP contribution in [-0.4, -0.2) is 63.6 Å². The van der Waals surface area contributed by atoms with E-state index in [1.807, 2.05) is 0 Å². The molecule has 2 rings (SSSR count). The maximum Gasteiger partial charge on any atom is 0.316 e. The van der Waals surface area contributed by atoms with Gasteiger partial charge >= 0.3 is 11.9 Å². The molecular weight excluding hydrogens is 312 g/mol. The fourth-order valence-electron chi connectivity index (χ4n) is 2.66. The first-order valence-corrected chi connectivity index (χ1v) is 7.73. The average Bonchev–Trinajstić information content (AvgIpc) is 2.42. The lowest BCUT2D eigenvalue weighted by molar-refractivity contribution is -0.166. The van der Waals surface area contributed by atoms with E-state index < -0.39 is 23.4 Å².